The fourth-order valence-electron chi connectivity index (χ4n) is 2.78. The number of rotatable bonds is 6. The first-order valence-corrected chi connectivity index (χ1v) is 9.17. The predicted octanol–water partition coefficient (Wildman–Crippen LogP) is 3.87. The lowest BCUT2D eigenvalue weighted by Gasteiger charge is -2.16. The quantitative estimate of drug-likeness (QED) is 0.468. The third-order valence-corrected chi connectivity index (χ3v) is 4.79. The molecule has 1 aliphatic rings. The van der Waals surface area contributed by atoms with Gasteiger partial charge in [0.1, 0.15) is 0 Å². The van der Waals surface area contributed by atoms with Gasteiger partial charge in [-0.1, -0.05) is 25.7 Å². The fourth-order valence-corrected chi connectivity index (χ4v) is 3.19. The fraction of sp³-hybridized carbons (Fsp3) is 0.588. The summed E-state index contributed by atoms with van der Waals surface area (Å²) in [5.41, 5.74) is 0.738. The molecular formula is C17H27ClN2OS. The molecule has 1 amide bonds. The van der Waals surface area contributed by atoms with Crippen molar-refractivity contribution in [3.05, 3.63) is 29.8 Å². The van der Waals surface area contributed by atoms with Crippen molar-refractivity contribution >= 4 is 30.1 Å². The maximum Gasteiger partial charge on any atom is 0.251 e. The Morgan fingerprint density at radius 2 is 1.73 bits per heavy atom. The molecule has 3 nitrogen and oxygen atoms in total. The first-order valence-electron chi connectivity index (χ1n) is 7.95. The summed E-state index contributed by atoms with van der Waals surface area (Å²) in [5.74, 6) is 0.0188. The van der Waals surface area contributed by atoms with Gasteiger partial charge in [-0.15, -0.1) is 24.2 Å². The summed E-state index contributed by atoms with van der Waals surface area (Å²) < 4.78 is 0. The molecule has 0 heterocycles. The number of nitrogens with one attached hydrogen (secondary N) is 2. The Labute approximate surface area is 144 Å². The van der Waals surface area contributed by atoms with Crippen LogP contribution in [0.5, 0.6) is 0 Å². The first kappa shape index (κ1) is 19.3. The predicted molar refractivity (Wildman–Crippen MR) is 97.3 cm³/mol. The number of halogens is 1. The molecule has 0 atom stereocenters. The van der Waals surface area contributed by atoms with Crippen molar-refractivity contribution < 1.29 is 4.79 Å². The third kappa shape index (κ3) is 6.59. The van der Waals surface area contributed by atoms with Crippen molar-refractivity contribution in [2.45, 2.75) is 49.5 Å². The van der Waals surface area contributed by atoms with E-state index in [0.29, 0.717) is 12.6 Å². The zero-order valence-corrected chi connectivity index (χ0v) is 14.9. The number of thioether (sulfide) groups is 1. The standard InChI is InChI=1S/C17H26N2OS.ClH/c1-21-16-10-8-14(9-11-16)17(20)19-13-12-18-15-6-4-2-3-5-7-15;/h8-11,15,18H,2-7,12-13H2,1H3,(H,19,20);1H. The molecule has 1 aromatic rings. The molecule has 2 N–H and O–H groups in total. The summed E-state index contributed by atoms with van der Waals surface area (Å²) >= 11 is 1.69. The normalized spacial score (nSPS) is 15.7. The Bertz CT molecular complexity index is 431. The van der Waals surface area contributed by atoms with E-state index in [1.165, 1.54) is 43.4 Å². The number of carbonyl (C=O) groups is 1. The molecule has 0 radical (unpaired) electrons. The van der Waals surface area contributed by atoms with Crippen LogP contribution in [0.1, 0.15) is 48.9 Å². The van der Waals surface area contributed by atoms with E-state index in [0.717, 1.165) is 12.1 Å². The number of carbonyl (C=O) groups excluding carboxylic acids is 1. The highest BCUT2D eigenvalue weighted by molar-refractivity contribution is 7.98. The summed E-state index contributed by atoms with van der Waals surface area (Å²) in [4.78, 5) is 13.2. The molecule has 0 aliphatic heterocycles. The van der Waals surface area contributed by atoms with Crippen molar-refractivity contribution in [2.75, 3.05) is 19.3 Å². The highest BCUT2D eigenvalue weighted by Crippen LogP contribution is 2.17. The zero-order chi connectivity index (χ0) is 14.9. The van der Waals surface area contributed by atoms with Gasteiger partial charge in [-0.3, -0.25) is 4.79 Å². The first-order chi connectivity index (χ1) is 10.3. The number of hydrogen-bond donors (Lipinski definition) is 2. The molecule has 0 bridgehead atoms. The van der Waals surface area contributed by atoms with Crippen LogP contribution in [0.2, 0.25) is 0 Å². The van der Waals surface area contributed by atoms with Gasteiger partial charge >= 0.3 is 0 Å². The van der Waals surface area contributed by atoms with Crippen molar-refractivity contribution in [1.82, 2.24) is 10.6 Å². The molecule has 2 rings (SSSR count). The molecule has 22 heavy (non-hydrogen) atoms. The van der Waals surface area contributed by atoms with E-state index in [2.05, 4.69) is 10.6 Å². The summed E-state index contributed by atoms with van der Waals surface area (Å²) in [6.45, 7) is 1.55. The third-order valence-electron chi connectivity index (χ3n) is 4.05. The topological polar surface area (TPSA) is 41.1 Å². The van der Waals surface area contributed by atoms with E-state index in [9.17, 15) is 4.79 Å². The van der Waals surface area contributed by atoms with E-state index in [-0.39, 0.29) is 18.3 Å². The average molecular weight is 343 g/mol. The minimum Gasteiger partial charge on any atom is -0.351 e. The Morgan fingerprint density at radius 1 is 1.09 bits per heavy atom. The van der Waals surface area contributed by atoms with Gasteiger partial charge in [0.2, 0.25) is 0 Å². The average Bonchev–Trinajstić information content (AvgIpc) is 2.80. The monoisotopic (exact) mass is 342 g/mol. The maximum atomic E-state index is 12.0. The second kappa shape index (κ2) is 10.9. The van der Waals surface area contributed by atoms with Crippen molar-refractivity contribution in [1.29, 1.82) is 0 Å². The SMILES string of the molecule is CSc1ccc(C(=O)NCCNC2CCCCCC2)cc1.Cl. The largest absolute Gasteiger partial charge is 0.351 e. The van der Waals surface area contributed by atoms with Gasteiger partial charge in [0.15, 0.2) is 0 Å². The van der Waals surface area contributed by atoms with Crippen LogP contribution in [0, 0.1) is 0 Å². The molecule has 1 fully saturated rings. The van der Waals surface area contributed by atoms with Crippen LogP contribution >= 0.6 is 24.2 Å². The van der Waals surface area contributed by atoms with Gasteiger partial charge in [0.05, 0.1) is 0 Å². The molecule has 1 aliphatic carbocycles. The van der Waals surface area contributed by atoms with E-state index in [1.807, 2.05) is 30.5 Å². The van der Waals surface area contributed by atoms with E-state index in [1.54, 1.807) is 11.8 Å². The summed E-state index contributed by atoms with van der Waals surface area (Å²) in [6, 6.07) is 8.40. The number of amides is 1. The number of benzene rings is 1. The molecule has 5 heteroatoms. The van der Waals surface area contributed by atoms with Crippen LogP contribution in [-0.4, -0.2) is 31.3 Å². The van der Waals surface area contributed by atoms with Gasteiger partial charge in [0.25, 0.3) is 5.91 Å². The van der Waals surface area contributed by atoms with Gasteiger partial charge in [-0.25, -0.2) is 0 Å². The molecule has 1 aromatic carbocycles. The lowest BCUT2D eigenvalue weighted by Crippen LogP contribution is -2.36. The van der Waals surface area contributed by atoms with Crippen molar-refractivity contribution in [3.63, 3.8) is 0 Å². The minimum absolute atomic E-state index is 0. The van der Waals surface area contributed by atoms with Crippen LogP contribution < -0.4 is 10.6 Å². The maximum absolute atomic E-state index is 12.0. The van der Waals surface area contributed by atoms with Gasteiger partial charge in [-0.2, -0.15) is 0 Å². The second-order valence-electron chi connectivity index (χ2n) is 5.63. The van der Waals surface area contributed by atoms with Gasteiger partial charge in [-0.05, 0) is 43.4 Å². The van der Waals surface area contributed by atoms with Crippen molar-refractivity contribution in [3.8, 4) is 0 Å². The summed E-state index contributed by atoms with van der Waals surface area (Å²) in [7, 11) is 0. The van der Waals surface area contributed by atoms with Crippen molar-refractivity contribution in [2.24, 2.45) is 0 Å². The summed E-state index contributed by atoms with van der Waals surface area (Å²) in [5, 5.41) is 6.55. The second-order valence-corrected chi connectivity index (χ2v) is 6.51. The molecule has 0 spiro atoms. The van der Waals surface area contributed by atoms with E-state index >= 15 is 0 Å². The van der Waals surface area contributed by atoms with Gasteiger partial charge in [0, 0.05) is 29.6 Å². The van der Waals surface area contributed by atoms with Crippen LogP contribution in [0.4, 0.5) is 0 Å². The van der Waals surface area contributed by atoms with Crippen LogP contribution in [0.25, 0.3) is 0 Å². The molecule has 0 aromatic heterocycles. The Morgan fingerprint density at radius 3 is 2.32 bits per heavy atom. The van der Waals surface area contributed by atoms with Crippen LogP contribution in [0.15, 0.2) is 29.2 Å². The molecule has 1 saturated carbocycles. The summed E-state index contributed by atoms with van der Waals surface area (Å²) in [6.07, 6.45) is 10.0. The van der Waals surface area contributed by atoms with E-state index < -0.39 is 0 Å². The highest BCUT2D eigenvalue weighted by atomic mass is 35.5. The Kier molecular flexibility index (Phi) is 9.60. The molecule has 0 saturated heterocycles. The lowest BCUT2D eigenvalue weighted by atomic mass is 10.1. The number of hydrogen-bond acceptors (Lipinski definition) is 3. The highest BCUT2D eigenvalue weighted by Gasteiger charge is 2.11. The van der Waals surface area contributed by atoms with E-state index in [4.69, 9.17) is 0 Å². The van der Waals surface area contributed by atoms with Crippen LogP contribution in [-0.2, 0) is 0 Å². The van der Waals surface area contributed by atoms with Gasteiger partial charge < -0.3 is 10.6 Å². The lowest BCUT2D eigenvalue weighted by molar-refractivity contribution is 0.0953. The molecule has 0 unspecified atom stereocenters. The minimum atomic E-state index is 0. The Hall–Kier alpha value is -0.710. The Balaban J connectivity index is 0.00000242. The smallest absolute Gasteiger partial charge is 0.251 e. The molecular weight excluding hydrogens is 316 g/mol. The van der Waals surface area contributed by atoms with Crippen LogP contribution in [0.3, 0.4) is 0 Å². The molecule has 124 valence electrons. The zero-order valence-electron chi connectivity index (χ0n) is 13.3.